The lowest BCUT2D eigenvalue weighted by Crippen LogP contribution is -2.52. The fourth-order valence-corrected chi connectivity index (χ4v) is 6.43. The first kappa shape index (κ1) is 16.7. The lowest BCUT2D eigenvalue weighted by molar-refractivity contribution is -0.138. The average molecular weight is 340 g/mol. The van der Waals surface area contributed by atoms with Crippen molar-refractivity contribution in [3.63, 3.8) is 0 Å². The van der Waals surface area contributed by atoms with Crippen molar-refractivity contribution in [1.82, 2.24) is 9.21 Å². The molecule has 2 rings (SSSR count). The van der Waals surface area contributed by atoms with Crippen molar-refractivity contribution in [3.05, 3.63) is 0 Å². The molecule has 0 spiro atoms. The van der Waals surface area contributed by atoms with E-state index < -0.39 is 31.1 Å². The lowest BCUT2D eigenvalue weighted by Gasteiger charge is -2.35. The Balaban J connectivity index is 1.94. The van der Waals surface area contributed by atoms with E-state index in [1.807, 2.05) is 0 Å². The molecule has 1 N–H and O–H groups in total. The van der Waals surface area contributed by atoms with Gasteiger partial charge in [0.2, 0.25) is 10.0 Å². The van der Waals surface area contributed by atoms with Crippen molar-refractivity contribution >= 4 is 25.8 Å². The fourth-order valence-electron chi connectivity index (χ4n) is 2.71. The Kier molecular flexibility index (Phi) is 4.91. The molecule has 2 fully saturated rings. The third-order valence-corrected chi connectivity index (χ3v) is 8.09. The summed E-state index contributed by atoms with van der Waals surface area (Å²) in [4.78, 5) is 12.3. The molecule has 0 aliphatic carbocycles. The number of sulfone groups is 1. The maximum Gasteiger partial charge on any atom is 0.317 e. The Morgan fingerprint density at radius 2 is 1.62 bits per heavy atom. The van der Waals surface area contributed by atoms with Gasteiger partial charge in [0.25, 0.3) is 0 Å². The van der Waals surface area contributed by atoms with Crippen LogP contribution in [-0.4, -0.2) is 86.6 Å². The molecule has 2 aliphatic rings. The van der Waals surface area contributed by atoms with Crippen LogP contribution in [0.3, 0.4) is 0 Å². The molecule has 2 aliphatic heterocycles. The number of hydrogen-bond acceptors (Lipinski definition) is 6. The summed E-state index contributed by atoms with van der Waals surface area (Å²) in [7, 11) is -6.58. The summed E-state index contributed by atoms with van der Waals surface area (Å²) in [5, 5.41) is 8.08. The minimum absolute atomic E-state index is 0.0735. The number of piperazine rings is 1. The predicted octanol–water partition coefficient (Wildman–Crippen LogP) is -1.40. The van der Waals surface area contributed by atoms with Gasteiger partial charge in [-0.05, 0) is 12.8 Å². The van der Waals surface area contributed by atoms with Gasteiger partial charge < -0.3 is 5.11 Å². The first-order valence-corrected chi connectivity index (χ1v) is 10.2. The monoisotopic (exact) mass is 340 g/mol. The Labute approximate surface area is 124 Å². The van der Waals surface area contributed by atoms with Crippen molar-refractivity contribution in [2.24, 2.45) is 0 Å². The molecule has 0 atom stereocenters. The van der Waals surface area contributed by atoms with Crippen LogP contribution in [-0.2, 0) is 24.7 Å². The molecule has 0 aromatic carbocycles. The van der Waals surface area contributed by atoms with Crippen molar-refractivity contribution in [3.8, 4) is 0 Å². The maximum absolute atomic E-state index is 12.5. The number of carbonyl (C=O) groups is 1. The molecular weight excluding hydrogens is 320 g/mol. The van der Waals surface area contributed by atoms with Gasteiger partial charge in [-0.1, -0.05) is 0 Å². The second-order valence-corrected chi connectivity index (χ2v) is 9.98. The molecule has 122 valence electrons. The largest absolute Gasteiger partial charge is 0.480 e. The first-order valence-electron chi connectivity index (χ1n) is 6.84. The van der Waals surface area contributed by atoms with Crippen LogP contribution in [0.1, 0.15) is 12.8 Å². The summed E-state index contributed by atoms with van der Waals surface area (Å²) in [6, 6.07) is 0. The Hall–Kier alpha value is -0.710. The van der Waals surface area contributed by atoms with E-state index in [0.717, 1.165) is 0 Å². The fraction of sp³-hybridized carbons (Fsp3) is 0.909. The van der Waals surface area contributed by atoms with Crippen LogP contribution in [0.4, 0.5) is 0 Å². The van der Waals surface area contributed by atoms with E-state index in [1.165, 1.54) is 4.31 Å². The second kappa shape index (κ2) is 6.19. The Morgan fingerprint density at radius 3 is 2.10 bits per heavy atom. The van der Waals surface area contributed by atoms with Gasteiger partial charge in [0.15, 0.2) is 0 Å². The zero-order chi connectivity index (χ0) is 15.7. The van der Waals surface area contributed by atoms with Gasteiger partial charge >= 0.3 is 5.97 Å². The van der Waals surface area contributed by atoms with Crippen LogP contribution in [0.25, 0.3) is 0 Å². The van der Waals surface area contributed by atoms with Gasteiger partial charge in [0.05, 0.1) is 23.3 Å². The summed E-state index contributed by atoms with van der Waals surface area (Å²) in [5.41, 5.74) is 0. The molecule has 0 aromatic heterocycles. The first-order chi connectivity index (χ1) is 9.71. The zero-order valence-corrected chi connectivity index (χ0v) is 13.3. The molecule has 21 heavy (non-hydrogen) atoms. The Morgan fingerprint density at radius 1 is 1.10 bits per heavy atom. The molecule has 2 saturated heterocycles. The molecule has 0 aromatic rings. The highest BCUT2D eigenvalue weighted by molar-refractivity contribution is 7.92. The highest BCUT2D eigenvalue weighted by atomic mass is 32.2. The lowest BCUT2D eigenvalue weighted by atomic mass is 10.2. The second-order valence-electron chi connectivity index (χ2n) is 5.47. The number of carboxylic acid groups (broad SMARTS) is 1. The van der Waals surface area contributed by atoms with E-state index in [-0.39, 0.29) is 44.0 Å². The molecule has 0 saturated carbocycles. The highest BCUT2D eigenvalue weighted by Crippen LogP contribution is 2.23. The number of carboxylic acids is 1. The van der Waals surface area contributed by atoms with Gasteiger partial charge in [0, 0.05) is 26.2 Å². The molecule has 0 bridgehead atoms. The van der Waals surface area contributed by atoms with Gasteiger partial charge in [-0.3, -0.25) is 9.69 Å². The van der Waals surface area contributed by atoms with E-state index >= 15 is 0 Å². The number of aliphatic carboxylic acids is 1. The minimum atomic E-state index is -3.49. The summed E-state index contributed by atoms with van der Waals surface area (Å²) in [6.07, 6.45) is 0.306. The molecule has 0 radical (unpaired) electrons. The maximum atomic E-state index is 12.5. The molecule has 0 unspecified atom stereocenters. The van der Waals surface area contributed by atoms with Crippen molar-refractivity contribution in [2.75, 3.05) is 44.2 Å². The third kappa shape index (κ3) is 4.15. The summed E-state index contributed by atoms with van der Waals surface area (Å²) < 4.78 is 49.1. The van der Waals surface area contributed by atoms with Crippen LogP contribution >= 0.6 is 0 Å². The van der Waals surface area contributed by atoms with Crippen LogP contribution in [0.15, 0.2) is 0 Å². The average Bonchev–Trinajstić information content (AvgIpc) is 2.38. The summed E-state index contributed by atoms with van der Waals surface area (Å²) >= 11 is 0. The van der Waals surface area contributed by atoms with E-state index in [9.17, 15) is 21.6 Å². The quantitative estimate of drug-likeness (QED) is 0.669. The molecule has 0 amide bonds. The SMILES string of the molecule is O=C(O)CN1CCN(S(=O)(=O)C2CCS(=O)(=O)CC2)CC1. The molecule has 2 heterocycles. The number of nitrogens with zero attached hydrogens (tertiary/aromatic N) is 2. The summed E-state index contributed by atoms with van der Waals surface area (Å²) in [6.45, 7) is 1.21. The smallest absolute Gasteiger partial charge is 0.317 e. The van der Waals surface area contributed by atoms with E-state index in [1.54, 1.807) is 4.90 Å². The van der Waals surface area contributed by atoms with E-state index in [2.05, 4.69) is 0 Å². The third-order valence-electron chi connectivity index (χ3n) is 3.97. The number of rotatable bonds is 4. The van der Waals surface area contributed by atoms with Crippen LogP contribution in [0.5, 0.6) is 0 Å². The number of sulfonamides is 1. The van der Waals surface area contributed by atoms with Crippen molar-refractivity contribution < 1.29 is 26.7 Å². The minimum Gasteiger partial charge on any atom is -0.480 e. The zero-order valence-electron chi connectivity index (χ0n) is 11.6. The van der Waals surface area contributed by atoms with Crippen molar-refractivity contribution in [2.45, 2.75) is 18.1 Å². The van der Waals surface area contributed by atoms with Crippen LogP contribution in [0.2, 0.25) is 0 Å². The normalized spacial score (nSPS) is 25.7. The molecule has 8 nitrogen and oxygen atoms in total. The topological polar surface area (TPSA) is 112 Å². The Bertz CT molecular complexity index is 578. The van der Waals surface area contributed by atoms with Crippen LogP contribution in [0, 0.1) is 0 Å². The highest BCUT2D eigenvalue weighted by Gasteiger charge is 2.37. The molecule has 10 heteroatoms. The summed E-state index contributed by atoms with van der Waals surface area (Å²) in [5.74, 6) is -1.07. The van der Waals surface area contributed by atoms with Crippen LogP contribution < -0.4 is 0 Å². The van der Waals surface area contributed by atoms with E-state index in [4.69, 9.17) is 5.11 Å². The van der Waals surface area contributed by atoms with Gasteiger partial charge in [0.1, 0.15) is 9.84 Å². The predicted molar refractivity (Wildman–Crippen MR) is 76.2 cm³/mol. The standard InChI is InChI=1S/C11H20N2O6S2/c14-11(15)9-12-3-5-13(6-4-12)21(18,19)10-1-7-20(16,17)8-2-10/h10H,1-9H2,(H,14,15). The van der Waals surface area contributed by atoms with Gasteiger partial charge in [-0.15, -0.1) is 0 Å². The van der Waals surface area contributed by atoms with Gasteiger partial charge in [-0.25, -0.2) is 16.8 Å². The number of hydrogen-bond donors (Lipinski definition) is 1. The van der Waals surface area contributed by atoms with Crippen molar-refractivity contribution in [1.29, 1.82) is 0 Å². The van der Waals surface area contributed by atoms with Gasteiger partial charge in [-0.2, -0.15) is 4.31 Å². The molecular formula is C11H20N2O6S2. The van der Waals surface area contributed by atoms with E-state index in [0.29, 0.717) is 13.1 Å².